The van der Waals surface area contributed by atoms with E-state index in [2.05, 4.69) is 38.7 Å². The van der Waals surface area contributed by atoms with Gasteiger partial charge < -0.3 is 9.31 Å². The normalized spacial score (nSPS) is 32.6. The first-order valence-electron chi connectivity index (χ1n) is 6.67. The lowest BCUT2D eigenvalue weighted by molar-refractivity contribution is 0.00578. The van der Waals surface area contributed by atoms with Gasteiger partial charge in [-0.2, -0.15) is 0 Å². The Kier molecular flexibility index (Phi) is 2.58. The van der Waals surface area contributed by atoms with Crippen LogP contribution in [0.15, 0.2) is 24.4 Å². The van der Waals surface area contributed by atoms with Crippen molar-refractivity contribution in [2.24, 2.45) is 0 Å². The van der Waals surface area contributed by atoms with Crippen molar-refractivity contribution < 1.29 is 9.31 Å². The van der Waals surface area contributed by atoms with Crippen molar-refractivity contribution in [1.29, 1.82) is 0 Å². The second-order valence-electron chi connectivity index (χ2n) is 6.39. The lowest BCUT2D eigenvalue weighted by Crippen LogP contribution is -2.41. The highest BCUT2D eigenvalue weighted by atomic mass is 16.7. The van der Waals surface area contributed by atoms with Gasteiger partial charge >= 0.3 is 7.12 Å². The van der Waals surface area contributed by atoms with Gasteiger partial charge in [0.05, 0.1) is 11.2 Å². The van der Waals surface area contributed by atoms with Crippen LogP contribution in [0.2, 0.25) is 5.82 Å². The second kappa shape index (κ2) is 3.81. The average molecular weight is 245 g/mol. The fourth-order valence-electron chi connectivity index (χ4n) is 2.51. The van der Waals surface area contributed by atoms with Gasteiger partial charge in [-0.1, -0.05) is 6.07 Å². The highest BCUT2D eigenvalue weighted by Gasteiger charge is 2.60. The zero-order valence-corrected chi connectivity index (χ0v) is 11.5. The molecule has 1 saturated carbocycles. The van der Waals surface area contributed by atoms with Crippen molar-refractivity contribution in [2.45, 2.75) is 57.1 Å². The number of hydrogen-bond acceptors (Lipinski definition) is 3. The first-order valence-corrected chi connectivity index (χ1v) is 6.67. The third-order valence-corrected chi connectivity index (χ3v) is 4.53. The summed E-state index contributed by atoms with van der Waals surface area (Å²) in [5.74, 6) is 0.960. The lowest BCUT2D eigenvalue weighted by atomic mass is 9.80. The maximum absolute atomic E-state index is 6.09. The second-order valence-corrected chi connectivity index (χ2v) is 6.39. The molecule has 1 saturated heterocycles. The van der Waals surface area contributed by atoms with Gasteiger partial charge in [-0.3, -0.25) is 4.98 Å². The molecule has 2 heterocycles. The molecule has 0 radical (unpaired) electrons. The van der Waals surface area contributed by atoms with Gasteiger partial charge in [0.25, 0.3) is 0 Å². The molecule has 1 aromatic rings. The molecule has 3 nitrogen and oxygen atoms in total. The molecule has 4 heteroatoms. The van der Waals surface area contributed by atoms with E-state index in [1.54, 1.807) is 0 Å². The number of aromatic nitrogens is 1. The number of hydrogen-bond donors (Lipinski definition) is 0. The molecule has 0 amide bonds. The van der Waals surface area contributed by atoms with Crippen LogP contribution >= 0.6 is 0 Å². The first-order chi connectivity index (χ1) is 8.41. The average Bonchev–Trinajstić information content (AvgIpc) is 3.04. The molecule has 1 aliphatic heterocycles. The van der Waals surface area contributed by atoms with Crippen LogP contribution in [0, 0.1) is 0 Å². The molecule has 96 valence electrons. The Morgan fingerprint density at radius 2 is 1.83 bits per heavy atom. The maximum Gasteiger partial charge on any atom is 0.461 e. The summed E-state index contributed by atoms with van der Waals surface area (Å²) >= 11 is 0. The molecule has 3 rings (SSSR count). The number of nitrogens with zero attached hydrogens (tertiary/aromatic N) is 1. The molecule has 0 aromatic carbocycles. The van der Waals surface area contributed by atoms with E-state index < -0.39 is 0 Å². The van der Waals surface area contributed by atoms with E-state index in [0.29, 0.717) is 11.7 Å². The molecular formula is C14H20BNO2. The lowest BCUT2D eigenvalue weighted by Gasteiger charge is -2.32. The summed E-state index contributed by atoms with van der Waals surface area (Å²) in [4.78, 5) is 4.42. The van der Waals surface area contributed by atoms with E-state index >= 15 is 0 Å². The van der Waals surface area contributed by atoms with Crippen molar-refractivity contribution in [2.75, 3.05) is 0 Å². The van der Waals surface area contributed by atoms with Crippen LogP contribution < -0.4 is 0 Å². The Bertz CT molecular complexity index is 430. The third kappa shape index (κ3) is 1.88. The highest BCUT2D eigenvalue weighted by molar-refractivity contribution is 6.49. The minimum absolute atomic E-state index is 0.0815. The summed E-state index contributed by atoms with van der Waals surface area (Å²) in [6.07, 6.45) is 2.97. The van der Waals surface area contributed by atoms with E-state index in [9.17, 15) is 0 Å². The predicted octanol–water partition coefficient (Wildman–Crippen LogP) is 3.03. The van der Waals surface area contributed by atoms with Crippen LogP contribution in [-0.4, -0.2) is 23.3 Å². The summed E-state index contributed by atoms with van der Waals surface area (Å²) in [6, 6.07) is 6.09. The van der Waals surface area contributed by atoms with Crippen LogP contribution in [0.1, 0.15) is 45.7 Å². The number of rotatable bonds is 2. The fraction of sp³-hybridized carbons (Fsp3) is 0.643. The van der Waals surface area contributed by atoms with Crippen molar-refractivity contribution in [3.63, 3.8) is 0 Å². The molecule has 0 bridgehead atoms. The molecule has 18 heavy (non-hydrogen) atoms. The Hall–Kier alpha value is -0.865. The zero-order chi connectivity index (χ0) is 13.0. The molecule has 2 aliphatic rings. The van der Waals surface area contributed by atoms with Crippen LogP contribution in [-0.2, 0) is 9.31 Å². The van der Waals surface area contributed by atoms with Gasteiger partial charge in [-0.15, -0.1) is 0 Å². The van der Waals surface area contributed by atoms with E-state index in [-0.39, 0.29) is 18.3 Å². The van der Waals surface area contributed by atoms with Gasteiger partial charge in [0.15, 0.2) is 0 Å². The smallest absolute Gasteiger partial charge is 0.403 e. The number of pyridine rings is 1. The molecular weight excluding hydrogens is 225 g/mol. The topological polar surface area (TPSA) is 31.4 Å². The summed E-state index contributed by atoms with van der Waals surface area (Å²) < 4.78 is 12.2. The van der Waals surface area contributed by atoms with Gasteiger partial charge in [0.1, 0.15) is 0 Å². The summed E-state index contributed by atoms with van der Waals surface area (Å²) in [5.41, 5.74) is 0.710. The first kappa shape index (κ1) is 12.2. The minimum atomic E-state index is -0.227. The highest BCUT2D eigenvalue weighted by Crippen LogP contribution is 2.57. The van der Waals surface area contributed by atoms with Crippen LogP contribution in [0.5, 0.6) is 0 Å². The Morgan fingerprint density at radius 3 is 2.39 bits per heavy atom. The van der Waals surface area contributed by atoms with E-state index in [1.807, 2.05) is 18.3 Å². The molecule has 1 aromatic heterocycles. The Labute approximate surface area is 109 Å². The Balaban J connectivity index is 1.70. The van der Waals surface area contributed by atoms with Gasteiger partial charge in [-0.05, 0) is 46.2 Å². The SMILES string of the molecule is CC1(C)OB(C2C[C@@H]2c2ccccn2)OC1(C)C. The van der Waals surface area contributed by atoms with Gasteiger partial charge in [0.2, 0.25) is 0 Å². The van der Waals surface area contributed by atoms with Crippen molar-refractivity contribution in [3.8, 4) is 0 Å². The molecule has 1 aliphatic carbocycles. The van der Waals surface area contributed by atoms with Crippen LogP contribution in [0.25, 0.3) is 0 Å². The summed E-state index contributed by atoms with van der Waals surface area (Å²) in [7, 11) is -0.0815. The maximum atomic E-state index is 6.09. The molecule has 0 N–H and O–H groups in total. The van der Waals surface area contributed by atoms with E-state index in [1.165, 1.54) is 0 Å². The zero-order valence-electron chi connectivity index (χ0n) is 11.5. The van der Waals surface area contributed by atoms with Crippen LogP contribution in [0.3, 0.4) is 0 Å². The van der Waals surface area contributed by atoms with Gasteiger partial charge in [-0.25, -0.2) is 0 Å². The van der Waals surface area contributed by atoms with Crippen LogP contribution in [0.4, 0.5) is 0 Å². The predicted molar refractivity (Wildman–Crippen MR) is 71.4 cm³/mol. The van der Waals surface area contributed by atoms with Crippen molar-refractivity contribution in [1.82, 2.24) is 4.98 Å². The summed E-state index contributed by atoms with van der Waals surface area (Å²) in [6.45, 7) is 8.41. The largest absolute Gasteiger partial charge is 0.461 e. The monoisotopic (exact) mass is 245 g/mol. The Morgan fingerprint density at radius 1 is 1.17 bits per heavy atom. The van der Waals surface area contributed by atoms with Gasteiger partial charge in [0, 0.05) is 23.6 Å². The molecule has 2 atom stereocenters. The molecule has 2 fully saturated rings. The third-order valence-electron chi connectivity index (χ3n) is 4.53. The van der Waals surface area contributed by atoms with E-state index in [0.717, 1.165) is 12.1 Å². The van der Waals surface area contributed by atoms with Crippen molar-refractivity contribution in [3.05, 3.63) is 30.1 Å². The molecule has 1 unspecified atom stereocenters. The molecule has 0 spiro atoms. The fourth-order valence-corrected chi connectivity index (χ4v) is 2.51. The van der Waals surface area contributed by atoms with E-state index in [4.69, 9.17) is 9.31 Å². The summed E-state index contributed by atoms with van der Waals surface area (Å²) in [5, 5.41) is 0. The van der Waals surface area contributed by atoms with Crippen molar-refractivity contribution >= 4 is 7.12 Å². The minimum Gasteiger partial charge on any atom is -0.403 e. The standard InChI is InChI=1S/C14H20BNO2/c1-13(2)14(3,4)18-15(17-13)11-9-10(11)12-7-5-6-8-16-12/h5-8,10-11H,9H2,1-4H3/t10-,11?/m0/s1. The quantitative estimate of drug-likeness (QED) is 0.750.